The van der Waals surface area contributed by atoms with E-state index in [0.29, 0.717) is 21.5 Å². The van der Waals surface area contributed by atoms with Crippen LogP contribution in [-0.4, -0.2) is 6.10 Å². The number of nitrogen functional groups attached to an aromatic ring is 1. The molecule has 0 atom stereocenters. The molecule has 3 N–H and O–H groups in total. The molecule has 3 nitrogen and oxygen atoms in total. The Bertz CT molecular complexity index is 615. The lowest BCUT2D eigenvalue weighted by atomic mass is 10.2. The van der Waals surface area contributed by atoms with E-state index in [1.165, 1.54) is 0 Å². The first-order chi connectivity index (χ1) is 9.45. The predicted molar refractivity (Wildman–Crippen MR) is 86.4 cm³/mol. The van der Waals surface area contributed by atoms with E-state index in [1.807, 2.05) is 32.0 Å². The molecule has 0 aliphatic heterocycles. The van der Waals surface area contributed by atoms with E-state index < -0.39 is 0 Å². The van der Waals surface area contributed by atoms with Gasteiger partial charge in [0.25, 0.3) is 0 Å². The van der Waals surface area contributed by atoms with E-state index in [9.17, 15) is 0 Å². The topological polar surface area (TPSA) is 47.3 Å². The van der Waals surface area contributed by atoms with Crippen LogP contribution in [0.25, 0.3) is 0 Å². The minimum absolute atomic E-state index is 0.0617. The lowest BCUT2D eigenvalue weighted by molar-refractivity contribution is 0.244. The number of rotatable bonds is 4. The van der Waals surface area contributed by atoms with Crippen molar-refractivity contribution in [2.45, 2.75) is 20.0 Å². The number of hydrogen-bond donors (Lipinski definition) is 2. The van der Waals surface area contributed by atoms with Crippen molar-refractivity contribution >= 4 is 40.3 Å². The highest BCUT2D eigenvalue weighted by Gasteiger charge is 2.06. The summed E-state index contributed by atoms with van der Waals surface area (Å²) in [7, 11) is 0. The highest BCUT2D eigenvalue weighted by atomic mass is 35.5. The van der Waals surface area contributed by atoms with E-state index in [0.717, 1.165) is 11.4 Å². The van der Waals surface area contributed by atoms with Crippen LogP contribution in [0, 0.1) is 0 Å². The number of nitrogens with two attached hydrogens (primary N) is 1. The number of anilines is 3. The largest absolute Gasteiger partial charge is 0.489 e. The molecule has 0 heterocycles. The van der Waals surface area contributed by atoms with Crippen LogP contribution in [0.3, 0.4) is 0 Å². The molecule has 0 fully saturated rings. The van der Waals surface area contributed by atoms with E-state index in [4.69, 9.17) is 33.7 Å². The highest BCUT2D eigenvalue weighted by molar-refractivity contribution is 6.36. The Morgan fingerprint density at radius 3 is 2.50 bits per heavy atom. The monoisotopic (exact) mass is 310 g/mol. The maximum atomic E-state index is 6.13. The van der Waals surface area contributed by atoms with Crippen LogP contribution in [0.2, 0.25) is 10.0 Å². The lowest BCUT2D eigenvalue weighted by Crippen LogP contribution is -2.07. The Morgan fingerprint density at radius 2 is 1.85 bits per heavy atom. The molecule has 0 saturated heterocycles. The first kappa shape index (κ1) is 14.8. The van der Waals surface area contributed by atoms with Gasteiger partial charge in [0.2, 0.25) is 0 Å². The van der Waals surface area contributed by atoms with Gasteiger partial charge in [-0.1, -0.05) is 23.2 Å². The molecular weight excluding hydrogens is 295 g/mol. The Morgan fingerprint density at radius 1 is 1.10 bits per heavy atom. The molecule has 0 aromatic heterocycles. The van der Waals surface area contributed by atoms with Gasteiger partial charge in [-0.2, -0.15) is 0 Å². The summed E-state index contributed by atoms with van der Waals surface area (Å²) < 4.78 is 5.65. The fourth-order valence-corrected chi connectivity index (χ4v) is 2.17. The normalized spacial score (nSPS) is 10.7. The Labute approximate surface area is 128 Å². The number of ether oxygens (including phenoxy) is 1. The van der Waals surface area contributed by atoms with Gasteiger partial charge in [0, 0.05) is 16.8 Å². The van der Waals surface area contributed by atoms with Crippen LogP contribution >= 0.6 is 23.2 Å². The van der Waals surface area contributed by atoms with Crippen molar-refractivity contribution in [2.24, 2.45) is 0 Å². The summed E-state index contributed by atoms with van der Waals surface area (Å²) in [4.78, 5) is 0. The van der Waals surface area contributed by atoms with Crippen LogP contribution < -0.4 is 15.8 Å². The molecule has 2 aromatic rings. The van der Waals surface area contributed by atoms with Crippen molar-refractivity contribution in [3.8, 4) is 5.75 Å². The second kappa shape index (κ2) is 6.25. The van der Waals surface area contributed by atoms with E-state index in [1.54, 1.807) is 18.2 Å². The van der Waals surface area contributed by atoms with Crippen molar-refractivity contribution in [1.82, 2.24) is 0 Å². The predicted octanol–water partition coefficient (Wildman–Crippen LogP) is 5.11. The molecule has 0 radical (unpaired) electrons. The number of hydrogen-bond acceptors (Lipinski definition) is 3. The van der Waals surface area contributed by atoms with Crippen LogP contribution in [0.5, 0.6) is 5.75 Å². The highest BCUT2D eigenvalue weighted by Crippen LogP contribution is 2.31. The maximum absolute atomic E-state index is 6.13. The third kappa shape index (κ3) is 3.71. The third-order valence-electron chi connectivity index (χ3n) is 2.59. The molecule has 2 aromatic carbocycles. The molecule has 106 valence electrons. The summed E-state index contributed by atoms with van der Waals surface area (Å²) in [5.41, 5.74) is 8.11. The number of halogens is 2. The van der Waals surface area contributed by atoms with Gasteiger partial charge in [-0.3, -0.25) is 0 Å². The Kier molecular flexibility index (Phi) is 4.63. The summed E-state index contributed by atoms with van der Waals surface area (Å²) in [5, 5.41) is 4.37. The van der Waals surface area contributed by atoms with Crippen molar-refractivity contribution in [1.29, 1.82) is 0 Å². The fourth-order valence-electron chi connectivity index (χ4n) is 1.71. The second-order valence-corrected chi connectivity index (χ2v) is 5.51. The van der Waals surface area contributed by atoms with Crippen LogP contribution in [0.15, 0.2) is 36.4 Å². The third-order valence-corrected chi connectivity index (χ3v) is 3.13. The van der Waals surface area contributed by atoms with Gasteiger partial charge in [-0.25, -0.2) is 0 Å². The van der Waals surface area contributed by atoms with Crippen LogP contribution in [-0.2, 0) is 0 Å². The average molecular weight is 311 g/mol. The van der Waals surface area contributed by atoms with Gasteiger partial charge >= 0.3 is 0 Å². The Balaban J connectivity index is 2.25. The minimum Gasteiger partial charge on any atom is -0.489 e. The lowest BCUT2D eigenvalue weighted by Gasteiger charge is -2.15. The number of benzene rings is 2. The standard InChI is InChI=1S/C15H16Cl2N2O/c1-9(2)20-15-8-11(4-5-13(15)18)19-14-6-3-10(16)7-12(14)17/h3-9,19H,18H2,1-2H3. The van der Waals surface area contributed by atoms with Crippen molar-refractivity contribution < 1.29 is 4.74 Å². The zero-order valence-electron chi connectivity index (χ0n) is 11.3. The molecule has 0 saturated carbocycles. The number of nitrogens with one attached hydrogen (secondary N) is 1. The first-order valence-electron chi connectivity index (χ1n) is 6.24. The van der Waals surface area contributed by atoms with Crippen LogP contribution in [0.4, 0.5) is 17.1 Å². The quantitative estimate of drug-likeness (QED) is 0.772. The van der Waals surface area contributed by atoms with E-state index in [-0.39, 0.29) is 6.10 Å². The molecule has 20 heavy (non-hydrogen) atoms. The SMILES string of the molecule is CC(C)Oc1cc(Nc2ccc(Cl)cc2Cl)ccc1N. The molecule has 0 unspecified atom stereocenters. The average Bonchev–Trinajstić information content (AvgIpc) is 2.36. The molecule has 0 amide bonds. The van der Waals surface area contributed by atoms with Gasteiger partial charge < -0.3 is 15.8 Å². The molecular formula is C15H16Cl2N2O. The minimum atomic E-state index is 0.0617. The first-order valence-corrected chi connectivity index (χ1v) is 6.99. The molecule has 0 bridgehead atoms. The molecule has 0 aliphatic carbocycles. The summed E-state index contributed by atoms with van der Waals surface area (Å²) in [5.74, 6) is 0.648. The summed E-state index contributed by atoms with van der Waals surface area (Å²) in [6.45, 7) is 3.91. The molecule has 2 rings (SSSR count). The maximum Gasteiger partial charge on any atom is 0.144 e. The van der Waals surface area contributed by atoms with E-state index >= 15 is 0 Å². The summed E-state index contributed by atoms with van der Waals surface area (Å²) in [6, 6.07) is 10.8. The molecule has 0 aliphatic rings. The Hall–Kier alpha value is -1.58. The molecule has 5 heteroatoms. The fraction of sp³-hybridized carbons (Fsp3) is 0.200. The zero-order valence-corrected chi connectivity index (χ0v) is 12.8. The van der Waals surface area contributed by atoms with E-state index in [2.05, 4.69) is 5.32 Å². The van der Waals surface area contributed by atoms with Crippen molar-refractivity contribution in [3.05, 3.63) is 46.4 Å². The van der Waals surface area contributed by atoms with Crippen molar-refractivity contribution in [3.63, 3.8) is 0 Å². The van der Waals surface area contributed by atoms with Gasteiger partial charge in [-0.05, 0) is 44.2 Å². The smallest absolute Gasteiger partial charge is 0.144 e. The van der Waals surface area contributed by atoms with Gasteiger partial charge in [0.15, 0.2) is 0 Å². The van der Waals surface area contributed by atoms with Gasteiger partial charge in [-0.15, -0.1) is 0 Å². The summed E-state index contributed by atoms with van der Waals surface area (Å²) >= 11 is 12.0. The van der Waals surface area contributed by atoms with Crippen molar-refractivity contribution in [2.75, 3.05) is 11.1 Å². The van der Waals surface area contributed by atoms with Gasteiger partial charge in [0.1, 0.15) is 5.75 Å². The second-order valence-electron chi connectivity index (χ2n) is 4.67. The molecule has 0 spiro atoms. The zero-order chi connectivity index (χ0) is 14.7. The van der Waals surface area contributed by atoms with Crippen LogP contribution in [0.1, 0.15) is 13.8 Å². The summed E-state index contributed by atoms with van der Waals surface area (Å²) in [6.07, 6.45) is 0.0617. The van der Waals surface area contributed by atoms with Gasteiger partial charge in [0.05, 0.1) is 22.5 Å².